The summed E-state index contributed by atoms with van der Waals surface area (Å²) in [5.74, 6) is -0.375. The average molecular weight is 228 g/mol. The van der Waals surface area contributed by atoms with Crippen molar-refractivity contribution in [3.63, 3.8) is 0 Å². The molecule has 15 heavy (non-hydrogen) atoms. The topological polar surface area (TPSA) is 26.0 Å². The molecule has 1 aromatic carbocycles. The lowest BCUT2D eigenvalue weighted by atomic mass is 9.77. The van der Waals surface area contributed by atoms with E-state index in [1.165, 1.54) is 12.5 Å². The second kappa shape index (κ2) is 4.11. The number of benzene rings is 1. The minimum Gasteiger partial charge on any atom is -0.321 e. The molecule has 1 saturated carbocycles. The molecule has 1 aliphatic carbocycles. The molecule has 3 heteroatoms. The Morgan fingerprint density at radius 1 is 1.20 bits per heavy atom. The van der Waals surface area contributed by atoms with E-state index in [9.17, 15) is 4.39 Å². The lowest BCUT2D eigenvalue weighted by Gasteiger charge is -2.34. The van der Waals surface area contributed by atoms with Crippen molar-refractivity contribution in [1.82, 2.24) is 0 Å². The number of nitrogens with two attached hydrogens (primary N) is 1. The van der Waals surface area contributed by atoms with Crippen LogP contribution in [0.25, 0.3) is 0 Å². The van der Waals surface area contributed by atoms with Gasteiger partial charge in [-0.25, -0.2) is 4.39 Å². The average Bonchev–Trinajstić information content (AvgIpc) is 2.23. The highest BCUT2D eigenvalue weighted by Gasteiger charge is 2.29. The first-order valence-corrected chi connectivity index (χ1v) is 5.74. The van der Waals surface area contributed by atoms with Crippen molar-refractivity contribution >= 4 is 11.6 Å². The van der Waals surface area contributed by atoms with Crippen LogP contribution in [0.5, 0.6) is 0 Å². The van der Waals surface area contributed by atoms with Crippen molar-refractivity contribution in [3.05, 3.63) is 34.6 Å². The molecule has 1 fully saturated rings. The Morgan fingerprint density at radius 2 is 1.87 bits per heavy atom. The second-order valence-corrected chi connectivity index (χ2v) is 4.75. The Labute approximate surface area is 94.4 Å². The Hall–Kier alpha value is -0.600. The summed E-state index contributed by atoms with van der Waals surface area (Å²) in [5.41, 5.74) is 6.99. The summed E-state index contributed by atoms with van der Waals surface area (Å²) in [4.78, 5) is 0. The van der Waals surface area contributed by atoms with Crippen LogP contribution >= 0.6 is 11.6 Å². The summed E-state index contributed by atoms with van der Waals surface area (Å²) < 4.78 is 13.0. The van der Waals surface area contributed by atoms with Crippen molar-refractivity contribution in [2.75, 3.05) is 0 Å². The zero-order valence-corrected chi connectivity index (χ0v) is 9.36. The second-order valence-electron chi connectivity index (χ2n) is 4.35. The van der Waals surface area contributed by atoms with Gasteiger partial charge in [0.05, 0.1) is 5.02 Å². The third-order valence-electron chi connectivity index (χ3n) is 3.24. The molecule has 0 atom stereocenters. The van der Waals surface area contributed by atoms with Gasteiger partial charge < -0.3 is 5.73 Å². The van der Waals surface area contributed by atoms with Crippen LogP contribution in [0, 0.1) is 5.82 Å². The van der Waals surface area contributed by atoms with Crippen molar-refractivity contribution in [3.8, 4) is 0 Å². The van der Waals surface area contributed by atoms with Gasteiger partial charge in [0.2, 0.25) is 0 Å². The maximum atomic E-state index is 13.0. The van der Waals surface area contributed by atoms with Crippen molar-refractivity contribution in [2.45, 2.75) is 37.6 Å². The molecule has 0 amide bonds. The normalized spacial score (nSPS) is 20.2. The van der Waals surface area contributed by atoms with E-state index in [0.717, 1.165) is 31.2 Å². The molecule has 82 valence electrons. The molecule has 0 aliphatic heterocycles. The predicted molar refractivity (Wildman–Crippen MR) is 60.4 cm³/mol. The standard InChI is InChI=1S/C12H15ClFN/c13-10-8-9(4-5-11(10)14)12(15)6-2-1-3-7-12/h4-5,8H,1-3,6-7,15H2. The summed E-state index contributed by atoms with van der Waals surface area (Å²) >= 11 is 5.76. The smallest absolute Gasteiger partial charge is 0.141 e. The number of hydrogen-bond acceptors (Lipinski definition) is 1. The monoisotopic (exact) mass is 227 g/mol. The lowest BCUT2D eigenvalue weighted by Crippen LogP contribution is -2.38. The predicted octanol–water partition coefficient (Wildman–Crippen LogP) is 3.60. The number of rotatable bonds is 1. The number of hydrogen-bond donors (Lipinski definition) is 1. The van der Waals surface area contributed by atoms with Crippen LogP contribution in [0.4, 0.5) is 4.39 Å². The Kier molecular flexibility index (Phi) is 2.98. The van der Waals surface area contributed by atoms with Crippen LogP contribution in [-0.2, 0) is 5.54 Å². The molecule has 0 spiro atoms. The summed E-state index contributed by atoms with van der Waals surface area (Å²) in [5, 5.41) is 0.169. The van der Waals surface area contributed by atoms with Gasteiger partial charge in [0.25, 0.3) is 0 Å². The van der Waals surface area contributed by atoms with Gasteiger partial charge in [-0.2, -0.15) is 0 Å². The van der Waals surface area contributed by atoms with Gasteiger partial charge in [0.1, 0.15) is 5.82 Å². The molecular weight excluding hydrogens is 213 g/mol. The molecule has 1 aromatic rings. The van der Waals surface area contributed by atoms with Crippen molar-refractivity contribution < 1.29 is 4.39 Å². The van der Waals surface area contributed by atoms with Gasteiger partial charge in [0.15, 0.2) is 0 Å². The van der Waals surface area contributed by atoms with Crippen molar-refractivity contribution in [2.24, 2.45) is 5.73 Å². The number of halogens is 2. The van der Waals surface area contributed by atoms with Crippen LogP contribution in [0.3, 0.4) is 0 Å². The zero-order chi connectivity index (χ0) is 10.9. The Morgan fingerprint density at radius 3 is 2.47 bits per heavy atom. The molecule has 2 N–H and O–H groups in total. The maximum absolute atomic E-state index is 13.0. The lowest BCUT2D eigenvalue weighted by molar-refractivity contribution is 0.302. The van der Waals surface area contributed by atoms with E-state index in [2.05, 4.69) is 0 Å². The minimum absolute atomic E-state index is 0.169. The quantitative estimate of drug-likeness (QED) is 0.780. The fourth-order valence-electron chi connectivity index (χ4n) is 2.28. The van der Waals surface area contributed by atoms with Gasteiger partial charge in [-0.05, 0) is 30.5 Å². The summed E-state index contributed by atoms with van der Waals surface area (Å²) in [6.45, 7) is 0. The highest BCUT2D eigenvalue weighted by molar-refractivity contribution is 6.30. The van der Waals surface area contributed by atoms with E-state index in [0.29, 0.717) is 0 Å². The fraction of sp³-hybridized carbons (Fsp3) is 0.500. The molecule has 0 saturated heterocycles. The Bertz CT molecular complexity index is 359. The first-order chi connectivity index (χ1) is 7.12. The van der Waals surface area contributed by atoms with Gasteiger partial charge in [0, 0.05) is 5.54 Å². The molecule has 1 nitrogen and oxygen atoms in total. The van der Waals surface area contributed by atoms with Gasteiger partial charge >= 0.3 is 0 Å². The largest absolute Gasteiger partial charge is 0.321 e. The first kappa shape index (κ1) is 10.9. The van der Waals surface area contributed by atoms with Crippen molar-refractivity contribution in [1.29, 1.82) is 0 Å². The van der Waals surface area contributed by atoms with Crippen LogP contribution in [0.15, 0.2) is 18.2 Å². The Balaban J connectivity index is 2.31. The first-order valence-electron chi connectivity index (χ1n) is 5.36. The van der Waals surface area contributed by atoms with E-state index < -0.39 is 0 Å². The van der Waals surface area contributed by atoms with Crippen LogP contribution in [-0.4, -0.2) is 0 Å². The molecule has 0 aromatic heterocycles. The van der Waals surface area contributed by atoms with Gasteiger partial charge in [-0.3, -0.25) is 0 Å². The van der Waals surface area contributed by atoms with Crippen LogP contribution in [0.1, 0.15) is 37.7 Å². The van der Waals surface area contributed by atoms with Gasteiger partial charge in [-0.15, -0.1) is 0 Å². The fourth-order valence-corrected chi connectivity index (χ4v) is 2.46. The van der Waals surface area contributed by atoms with E-state index in [1.54, 1.807) is 12.1 Å². The minimum atomic E-state index is -0.375. The molecule has 0 heterocycles. The van der Waals surface area contributed by atoms with Gasteiger partial charge in [-0.1, -0.05) is 36.9 Å². The zero-order valence-electron chi connectivity index (χ0n) is 8.60. The maximum Gasteiger partial charge on any atom is 0.141 e. The molecule has 2 rings (SSSR count). The van der Waals surface area contributed by atoms with Crippen LogP contribution < -0.4 is 5.73 Å². The molecular formula is C12H15ClFN. The SMILES string of the molecule is NC1(c2ccc(F)c(Cl)c2)CCCCC1. The van der Waals surface area contributed by atoms with E-state index >= 15 is 0 Å². The van der Waals surface area contributed by atoms with Crippen LogP contribution in [0.2, 0.25) is 5.02 Å². The molecule has 0 bridgehead atoms. The highest BCUT2D eigenvalue weighted by atomic mass is 35.5. The molecule has 0 unspecified atom stereocenters. The summed E-state index contributed by atoms with van der Waals surface area (Å²) in [7, 11) is 0. The molecule has 0 radical (unpaired) electrons. The summed E-state index contributed by atoms with van der Waals surface area (Å²) in [6, 6.07) is 4.83. The summed E-state index contributed by atoms with van der Waals surface area (Å²) in [6.07, 6.45) is 5.47. The highest BCUT2D eigenvalue weighted by Crippen LogP contribution is 2.35. The van der Waals surface area contributed by atoms with E-state index in [4.69, 9.17) is 17.3 Å². The van der Waals surface area contributed by atoms with E-state index in [1.807, 2.05) is 0 Å². The molecule has 1 aliphatic rings. The third-order valence-corrected chi connectivity index (χ3v) is 3.53. The third kappa shape index (κ3) is 2.16. The van der Waals surface area contributed by atoms with E-state index in [-0.39, 0.29) is 16.4 Å².